The molecule has 1 fully saturated rings. The van der Waals surface area contributed by atoms with E-state index in [-0.39, 0.29) is 36.2 Å². The maximum atomic E-state index is 12.7. The molecule has 0 bridgehead atoms. The third kappa shape index (κ3) is 7.77. The molecule has 0 heterocycles. The zero-order chi connectivity index (χ0) is 24.9. The summed E-state index contributed by atoms with van der Waals surface area (Å²) in [6.07, 6.45) is 3.14. The Morgan fingerprint density at radius 3 is 2.36 bits per heavy atom. The van der Waals surface area contributed by atoms with E-state index in [2.05, 4.69) is 38.0 Å². The molecule has 1 saturated carbocycles. The van der Waals surface area contributed by atoms with Crippen LogP contribution in [0.1, 0.15) is 62.4 Å². The molecule has 1 aliphatic carbocycles. The molecule has 0 saturated heterocycles. The molecule has 0 spiro atoms. The number of benzene rings is 1. The topological polar surface area (TPSA) is 114 Å². The summed E-state index contributed by atoms with van der Waals surface area (Å²) >= 11 is 3.51. The first-order valence-corrected chi connectivity index (χ1v) is 11.9. The third-order valence-corrected chi connectivity index (χ3v) is 6.20. The fourth-order valence-electron chi connectivity index (χ4n) is 3.91. The normalized spacial score (nSPS) is 18.2. The Morgan fingerprint density at radius 2 is 1.82 bits per heavy atom. The van der Waals surface area contributed by atoms with Crippen molar-refractivity contribution in [3.63, 3.8) is 0 Å². The number of primary amides is 1. The second-order valence-electron chi connectivity index (χ2n) is 9.51. The predicted octanol–water partition coefficient (Wildman–Crippen LogP) is 3.80. The van der Waals surface area contributed by atoms with E-state index in [1.165, 1.54) is 0 Å². The van der Waals surface area contributed by atoms with Crippen LogP contribution in [0.2, 0.25) is 0 Å². The standard InChI is InChI=1S/C24H35BrN4O4/c1-14(21(26)30)13-27-22(31)19-11-16(25)12-20(15(19)2)29(6)18-9-7-17(8-10-18)28-23(32)33-24(3,4)5/h11-12,17-18H,1,7-10,13H2,2-6H3,(H2,26,30)(H,27,31)(H,28,32). The summed E-state index contributed by atoms with van der Waals surface area (Å²) in [6, 6.07) is 4.13. The number of nitrogens with zero attached hydrogens (tertiary/aromatic N) is 1. The van der Waals surface area contributed by atoms with E-state index < -0.39 is 11.5 Å². The largest absolute Gasteiger partial charge is 0.444 e. The van der Waals surface area contributed by atoms with Gasteiger partial charge in [-0.15, -0.1) is 0 Å². The average molecular weight is 523 g/mol. The summed E-state index contributed by atoms with van der Waals surface area (Å²) in [6.45, 7) is 11.0. The zero-order valence-electron chi connectivity index (χ0n) is 20.1. The summed E-state index contributed by atoms with van der Waals surface area (Å²) in [5, 5.41) is 5.67. The molecular formula is C24H35BrN4O4. The Morgan fingerprint density at radius 1 is 1.21 bits per heavy atom. The van der Waals surface area contributed by atoms with E-state index in [1.807, 2.05) is 40.8 Å². The number of rotatable bonds is 7. The van der Waals surface area contributed by atoms with Crippen molar-refractivity contribution in [1.29, 1.82) is 0 Å². The number of carbonyl (C=O) groups is 3. The van der Waals surface area contributed by atoms with E-state index in [0.29, 0.717) is 5.56 Å². The summed E-state index contributed by atoms with van der Waals surface area (Å²) in [4.78, 5) is 38.2. The minimum absolute atomic E-state index is 0.0000453. The highest BCUT2D eigenvalue weighted by Gasteiger charge is 2.28. The quantitative estimate of drug-likeness (QED) is 0.471. The molecule has 0 aromatic heterocycles. The van der Waals surface area contributed by atoms with Gasteiger partial charge < -0.3 is 26.0 Å². The number of nitrogens with two attached hydrogens (primary N) is 1. The number of amides is 3. The van der Waals surface area contributed by atoms with Crippen LogP contribution in [0.15, 0.2) is 28.8 Å². The van der Waals surface area contributed by atoms with E-state index in [4.69, 9.17) is 10.5 Å². The average Bonchev–Trinajstić information content (AvgIpc) is 2.71. The molecular weight excluding hydrogens is 488 g/mol. The molecule has 0 aliphatic heterocycles. The molecule has 2 rings (SSSR count). The number of carbonyl (C=O) groups excluding carboxylic acids is 3. The van der Waals surface area contributed by atoms with Gasteiger partial charge in [-0.05, 0) is 71.1 Å². The number of ether oxygens (including phenoxy) is 1. The Balaban J connectivity index is 2.04. The van der Waals surface area contributed by atoms with Gasteiger partial charge in [-0.1, -0.05) is 22.5 Å². The Hall–Kier alpha value is -2.55. The zero-order valence-corrected chi connectivity index (χ0v) is 21.7. The number of alkyl carbamates (subject to hydrolysis) is 1. The van der Waals surface area contributed by atoms with Crippen LogP contribution in [0.4, 0.5) is 10.5 Å². The van der Waals surface area contributed by atoms with Crippen molar-refractivity contribution < 1.29 is 19.1 Å². The van der Waals surface area contributed by atoms with E-state index in [1.54, 1.807) is 6.07 Å². The van der Waals surface area contributed by atoms with Crippen LogP contribution >= 0.6 is 15.9 Å². The lowest BCUT2D eigenvalue weighted by Crippen LogP contribution is -2.44. The van der Waals surface area contributed by atoms with Gasteiger partial charge in [-0.3, -0.25) is 9.59 Å². The number of hydrogen-bond donors (Lipinski definition) is 3. The summed E-state index contributed by atoms with van der Waals surface area (Å²) < 4.78 is 6.15. The van der Waals surface area contributed by atoms with E-state index >= 15 is 0 Å². The van der Waals surface area contributed by atoms with Crippen molar-refractivity contribution >= 4 is 39.5 Å². The maximum Gasteiger partial charge on any atom is 0.407 e. The SMILES string of the molecule is C=C(CNC(=O)c1cc(Br)cc(N(C)C2CCC(NC(=O)OC(C)(C)C)CC2)c1C)C(N)=O. The fourth-order valence-corrected chi connectivity index (χ4v) is 4.36. The summed E-state index contributed by atoms with van der Waals surface area (Å²) in [5.74, 6) is -0.936. The van der Waals surface area contributed by atoms with Gasteiger partial charge in [0, 0.05) is 47.0 Å². The third-order valence-electron chi connectivity index (χ3n) is 5.75. The molecule has 0 unspecified atom stereocenters. The summed E-state index contributed by atoms with van der Waals surface area (Å²) in [5.41, 5.74) is 7.13. The van der Waals surface area contributed by atoms with Crippen LogP contribution in [-0.2, 0) is 9.53 Å². The van der Waals surface area contributed by atoms with Crippen molar-refractivity contribution in [2.24, 2.45) is 5.73 Å². The molecule has 0 atom stereocenters. The first-order chi connectivity index (χ1) is 15.3. The summed E-state index contributed by atoms with van der Waals surface area (Å²) in [7, 11) is 2.03. The highest BCUT2D eigenvalue weighted by Crippen LogP contribution is 2.32. The first-order valence-electron chi connectivity index (χ1n) is 11.1. The highest BCUT2D eigenvalue weighted by molar-refractivity contribution is 9.10. The Kier molecular flexibility index (Phi) is 8.94. The second kappa shape index (κ2) is 11.0. The number of halogens is 1. The lowest BCUT2D eigenvalue weighted by atomic mass is 9.89. The second-order valence-corrected chi connectivity index (χ2v) is 10.4. The highest BCUT2D eigenvalue weighted by atomic mass is 79.9. The lowest BCUT2D eigenvalue weighted by molar-refractivity contribution is -0.114. The molecule has 33 heavy (non-hydrogen) atoms. The minimum Gasteiger partial charge on any atom is -0.444 e. The van der Waals surface area contributed by atoms with Crippen molar-refractivity contribution in [3.05, 3.63) is 39.9 Å². The van der Waals surface area contributed by atoms with Crippen LogP contribution in [0.3, 0.4) is 0 Å². The molecule has 9 heteroatoms. The van der Waals surface area contributed by atoms with Gasteiger partial charge in [0.2, 0.25) is 5.91 Å². The van der Waals surface area contributed by atoms with Gasteiger partial charge in [0.25, 0.3) is 5.91 Å². The molecule has 3 amide bonds. The number of nitrogens with one attached hydrogen (secondary N) is 2. The number of hydrogen-bond acceptors (Lipinski definition) is 5. The molecule has 1 aliphatic rings. The van der Waals surface area contributed by atoms with Crippen LogP contribution in [0.5, 0.6) is 0 Å². The van der Waals surface area contributed by atoms with Crippen molar-refractivity contribution in [1.82, 2.24) is 10.6 Å². The maximum absolute atomic E-state index is 12.7. The van der Waals surface area contributed by atoms with Crippen molar-refractivity contribution in [3.8, 4) is 0 Å². The van der Waals surface area contributed by atoms with Crippen LogP contribution < -0.4 is 21.3 Å². The van der Waals surface area contributed by atoms with Gasteiger partial charge in [-0.25, -0.2) is 4.79 Å². The number of anilines is 1. The lowest BCUT2D eigenvalue weighted by Gasteiger charge is -2.37. The van der Waals surface area contributed by atoms with Gasteiger partial charge in [0.1, 0.15) is 5.60 Å². The van der Waals surface area contributed by atoms with Crippen molar-refractivity contribution in [2.75, 3.05) is 18.5 Å². The monoisotopic (exact) mass is 522 g/mol. The Bertz CT molecular complexity index is 918. The van der Waals surface area contributed by atoms with Gasteiger partial charge >= 0.3 is 6.09 Å². The van der Waals surface area contributed by atoms with Gasteiger partial charge in [0.15, 0.2) is 0 Å². The van der Waals surface area contributed by atoms with E-state index in [9.17, 15) is 14.4 Å². The van der Waals surface area contributed by atoms with Gasteiger partial charge in [0.05, 0.1) is 0 Å². The molecule has 1 aromatic rings. The van der Waals surface area contributed by atoms with Gasteiger partial charge in [-0.2, -0.15) is 0 Å². The fraction of sp³-hybridized carbons (Fsp3) is 0.542. The molecule has 8 nitrogen and oxygen atoms in total. The van der Waals surface area contributed by atoms with Crippen LogP contribution in [-0.4, -0.2) is 49.2 Å². The molecule has 4 N–H and O–H groups in total. The first kappa shape index (κ1) is 26.7. The molecule has 0 radical (unpaired) electrons. The van der Waals surface area contributed by atoms with E-state index in [0.717, 1.165) is 41.4 Å². The molecule has 1 aromatic carbocycles. The van der Waals surface area contributed by atoms with Crippen molar-refractivity contribution in [2.45, 2.75) is 71.1 Å². The predicted molar refractivity (Wildman–Crippen MR) is 133 cm³/mol. The van der Waals surface area contributed by atoms with Crippen LogP contribution in [0.25, 0.3) is 0 Å². The Labute approximate surface area is 204 Å². The smallest absolute Gasteiger partial charge is 0.407 e. The van der Waals surface area contributed by atoms with Crippen LogP contribution in [0, 0.1) is 6.92 Å². The minimum atomic E-state index is -0.640. The molecule has 182 valence electrons.